The standard InChI is InChI=1S/C16H20N2O2/c1-3-4-5-10-17-16(19)15-11-14(18-20-15)13-8-6-12(2)7-9-13/h6-9,11H,3-5,10H2,1-2H3,(H,17,19). The minimum Gasteiger partial charge on any atom is -0.350 e. The molecule has 2 rings (SSSR count). The molecule has 0 fully saturated rings. The van der Waals surface area contributed by atoms with Crippen LogP contribution in [0.3, 0.4) is 0 Å². The first kappa shape index (κ1) is 14.3. The molecule has 1 aromatic heterocycles. The number of nitrogens with zero attached hydrogens (tertiary/aromatic N) is 1. The first-order valence-corrected chi connectivity index (χ1v) is 7.02. The van der Waals surface area contributed by atoms with Crippen LogP contribution in [0.25, 0.3) is 11.3 Å². The third-order valence-corrected chi connectivity index (χ3v) is 3.15. The van der Waals surface area contributed by atoms with Crippen molar-refractivity contribution >= 4 is 5.91 Å². The maximum Gasteiger partial charge on any atom is 0.289 e. The molecule has 1 amide bonds. The van der Waals surface area contributed by atoms with Gasteiger partial charge < -0.3 is 9.84 Å². The lowest BCUT2D eigenvalue weighted by molar-refractivity contribution is 0.0916. The van der Waals surface area contributed by atoms with Crippen LogP contribution in [-0.2, 0) is 0 Å². The summed E-state index contributed by atoms with van der Waals surface area (Å²) in [7, 11) is 0. The second-order valence-corrected chi connectivity index (χ2v) is 4.91. The normalized spacial score (nSPS) is 10.5. The second kappa shape index (κ2) is 6.89. The van der Waals surface area contributed by atoms with Gasteiger partial charge in [0.2, 0.25) is 5.76 Å². The molecule has 1 aromatic carbocycles. The lowest BCUT2D eigenvalue weighted by atomic mass is 10.1. The monoisotopic (exact) mass is 272 g/mol. The van der Waals surface area contributed by atoms with Gasteiger partial charge in [-0.05, 0) is 13.3 Å². The van der Waals surface area contributed by atoms with Crippen LogP contribution < -0.4 is 5.32 Å². The summed E-state index contributed by atoms with van der Waals surface area (Å²) in [6, 6.07) is 9.63. The van der Waals surface area contributed by atoms with Crippen molar-refractivity contribution in [3.8, 4) is 11.3 Å². The van der Waals surface area contributed by atoms with E-state index >= 15 is 0 Å². The highest BCUT2D eigenvalue weighted by molar-refractivity contribution is 5.92. The number of nitrogens with one attached hydrogen (secondary N) is 1. The Balaban J connectivity index is 1.98. The van der Waals surface area contributed by atoms with Gasteiger partial charge in [0.05, 0.1) is 0 Å². The third kappa shape index (κ3) is 3.70. The molecule has 20 heavy (non-hydrogen) atoms. The topological polar surface area (TPSA) is 55.1 Å². The van der Waals surface area contributed by atoms with Gasteiger partial charge in [-0.1, -0.05) is 54.8 Å². The third-order valence-electron chi connectivity index (χ3n) is 3.15. The van der Waals surface area contributed by atoms with E-state index in [2.05, 4.69) is 17.4 Å². The predicted octanol–water partition coefficient (Wildman–Crippen LogP) is 3.57. The van der Waals surface area contributed by atoms with Gasteiger partial charge in [-0.3, -0.25) is 4.79 Å². The molecule has 0 unspecified atom stereocenters. The van der Waals surface area contributed by atoms with Crippen LogP contribution in [0.4, 0.5) is 0 Å². The van der Waals surface area contributed by atoms with Crippen LogP contribution in [-0.4, -0.2) is 17.6 Å². The van der Waals surface area contributed by atoms with Gasteiger partial charge in [0, 0.05) is 18.2 Å². The molecule has 1 heterocycles. The number of aromatic nitrogens is 1. The quantitative estimate of drug-likeness (QED) is 0.818. The zero-order valence-corrected chi connectivity index (χ0v) is 12.0. The van der Waals surface area contributed by atoms with E-state index in [4.69, 9.17) is 4.52 Å². The molecule has 0 spiro atoms. The molecule has 0 saturated carbocycles. The van der Waals surface area contributed by atoms with Gasteiger partial charge in [0.15, 0.2) is 0 Å². The Hall–Kier alpha value is -2.10. The number of carbonyl (C=O) groups excluding carboxylic acids is 1. The lowest BCUT2D eigenvalue weighted by Crippen LogP contribution is -2.23. The van der Waals surface area contributed by atoms with E-state index in [0.29, 0.717) is 12.2 Å². The number of unbranched alkanes of at least 4 members (excludes halogenated alkanes) is 2. The Bertz CT molecular complexity index is 558. The average Bonchev–Trinajstić information content (AvgIpc) is 2.94. The van der Waals surface area contributed by atoms with Crippen molar-refractivity contribution in [2.24, 2.45) is 0 Å². The second-order valence-electron chi connectivity index (χ2n) is 4.91. The van der Waals surface area contributed by atoms with E-state index in [-0.39, 0.29) is 11.7 Å². The van der Waals surface area contributed by atoms with Crippen LogP contribution in [0.1, 0.15) is 42.3 Å². The molecule has 0 aliphatic heterocycles. The van der Waals surface area contributed by atoms with Gasteiger partial charge in [-0.25, -0.2) is 0 Å². The molecular weight excluding hydrogens is 252 g/mol. The van der Waals surface area contributed by atoms with E-state index in [9.17, 15) is 4.79 Å². The van der Waals surface area contributed by atoms with Crippen molar-refractivity contribution < 1.29 is 9.32 Å². The van der Waals surface area contributed by atoms with E-state index in [1.54, 1.807) is 6.07 Å². The maximum absolute atomic E-state index is 11.9. The number of benzene rings is 1. The predicted molar refractivity (Wildman–Crippen MR) is 78.5 cm³/mol. The van der Waals surface area contributed by atoms with Crippen LogP contribution in [0.15, 0.2) is 34.9 Å². The zero-order chi connectivity index (χ0) is 14.4. The smallest absolute Gasteiger partial charge is 0.289 e. The molecule has 1 N–H and O–H groups in total. The van der Waals surface area contributed by atoms with Crippen molar-refractivity contribution in [2.45, 2.75) is 33.1 Å². The molecule has 0 atom stereocenters. The van der Waals surface area contributed by atoms with E-state index in [0.717, 1.165) is 24.8 Å². The summed E-state index contributed by atoms with van der Waals surface area (Å²) in [5.74, 6) is 0.0593. The van der Waals surface area contributed by atoms with Crippen LogP contribution in [0, 0.1) is 6.92 Å². The molecule has 4 heteroatoms. The highest BCUT2D eigenvalue weighted by Crippen LogP contribution is 2.19. The molecule has 0 saturated heterocycles. The van der Waals surface area contributed by atoms with E-state index in [1.165, 1.54) is 5.56 Å². The Morgan fingerprint density at radius 3 is 2.70 bits per heavy atom. The van der Waals surface area contributed by atoms with Gasteiger partial charge in [-0.2, -0.15) is 0 Å². The van der Waals surface area contributed by atoms with Crippen molar-refractivity contribution in [2.75, 3.05) is 6.54 Å². The zero-order valence-electron chi connectivity index (χ0n) is 12.0. The van der Waals surface area contributed by atoms with E-state index in [1.807, 2.05) is 31.2 Å². The summed E-state index contributed by atoms with van der Waals surface area (Å²) in [6.45, 7) is 4.83. The molecule has 0 radical (unpaired) electrons. The summed E-state index contributed by atoms with van der Waals surface area (Å²) in [6.07, 6.45) is 3.24. The lowest BCUT2D eigenvalue weighted by Gasteiger charge is -2.00. The number of hydrogen-bond acceptors (Lipinski definition) is 3. The first-order valence-electron chi connectivity index (χ1n) is 7.02. The van der Waals surface area contributed by atoms with Crippen molar-refractivity contribution in [1.29, 1.82) is 0 Å². The van der Waals surface area contributed by atoms with Gasteiger partial charge in [-0.15, -0.1) is 0 Å². The summed E-state index contributed by atoms with van der Waals surface area (Å²) < 4.78 is 5.11. The fraction of sp³-hybridized carbons (Fsp3) is 0.375. The number of rotatable bonds is 6. The minimum absolute atomic E-state index is 0.202. The number of carbonyl (C=O) groups is 1. The molecule has 0 aliphatic carbocycles. The van der Waals surface area contributed by atoms with E-state index < -0.39 is 0 Å². The Kier molecular flexibility index (Phi) is 4.93. The van der Waals surface area contributed by atoms with Gasteiger partial charge >= 0.3 is 0 Å². The summed E-state index contributed by atoms with van der Waals surface area (Å²) >= 11 is 0. The molecule has 106 valence electrons. The number of aryl methyl sites for hydroxylation is 1. The SMILES string of the molecule is CCCCCNC(=O)c1cc(-c2ccc(C)cc2)no1. The van der Waals surface area contributed by atoms with Crippen LogP contribution in [0.5, 0.6) is 0 Å². The van der Waals surface area contributed by atoms with Crippen LogP contribution >= 0.6 is 0 Å². The Morgan fingerprint density at radius 2 is 2.00 bits per heavy atom. The average molecular weight is 272 g/mol. The molecule has 4 nitrogen and oxygen atoms in total. The van der Waals surface area contributed by atoms with Gasteiger partial charge in [0.25, 0.3) is 5.91 Å². The van der Waals surface area contributed by atoms with Crippen molar-refractivity contribution in [3.05, 3.63) is 41.7 Å². The highest BCUT2D eigenvalue weighted by Gasteiger charge is 2.13. The summed E-state index contributed by atoms with van der Waals surface area (Å²) in [4.78, 5) is 11.9. The van der Waals surface area contributed by atoms with Crippen molar-refractivity contribution in [1.82, 2.24) is 10.5 Å². The minimum atomic E-state index is -0.202. The maximum atomic E-state index is 11.9. The molecule has 0 aliphatic rings. The molecule has 0 bridgehead atoms. The summed E-state index contributed by atoms with van der Waals surface area (Å²) in [5, 5.41) is 6.78. The van der Waals surface area contributed by atoms with Crippen molar-refractivity contribution in [3.63, 3.8) is 0 Å². The number of hydrogen-bond donors (Lipinski definition) is 1. The fourth-order valence-electron chi connectivity index (χ4n) is 1.91. The van der Waals surface area contributed by atoms with Gasteiger partial charge in [0.1, 0.15) is 5.69 Å². The first-order chi connectivity index (χ1) is 9.70. The Labute approximate surface area is 119 Å². The highest BCUT2D eigenvalue weighted by atomic mass is 16.5. The van der Waals surface area contributed by atoms with Crippen LogP contribution in [0.2, 0.25) is 0 Å². The number of amides is 1. The molecule has 2 aromatic rings. The Morgan fingerprint density at radius 1 is 1.25 bits per heavy atom. The summed E-state index contributed by atoms with van der Waals surface area (Å²) in [5.41, 5.74) is 2.82. The molecular formula is C16H20N2O2. The largest absolute Gasteiger partial charge is 0.350 e. The fourth-order valence-corrected chi connectivity index (χ4v) is 1.91.